The Kier molecular flexibility index (Phi) is 4.95. The second-order valence-corrected chi connectivity index (χ2v) is 7.84. The highest BCUT2D eigenvalue weighted by Gasteiger charge is 2.34. The van der Waals surface area contributed by atoms with Crippen LogP contribution in [0.2, 0.25) is 0 Å². The smallest absolute Gasteiger partial charge is 0.234 e. The third kappa shape index (κ3) is 3.88. The largest absolute Gasteiger partial charge is 0.387 e. The SMILES string of the molecule is CN(C)CC1(O)CCCN(Cc2c(-c3ccccc3)nc3ncccn23)C1. The maximum Gasteiger partial charge on any atom is 0.234 e. The van der Waals surface area contributed by atoms with Gasteiger partial charge in [0, 0.05) is 37.6 Å². The van der Waals surface area contributed by atoms with Crippen LogP contribution >= 0.6 is 0 Å². The number of hydrogen-bond acceptors (Lipinski definition) is 5. The number of aromatic nitrogens is 3. The minimum Gasteiger partial charge on any atom is -0.387 e. The number of aliphatic hydroxyl groups is 1. The van der Waals surface area contributed by atoms with Gasteiger partial charge in [-0.1, -0.05) is 30.3 Å². The Hall–Kier alpha value is -2.28. The van der Waals surface area contributed by atoms with Crippen LogP contribution in [-0.4, -0.2) is 68.6 Å². The van der Waals surface area contributed by atoms with Crippen molar-refractivity contribution in [2.75, 3.05) is 33.7 Å². The van der Waals surface area contributed by atoms with E-state index in [1.807, 2.05) is 44.6 Å². The molecule has 0 radical (unpaired) electrons. The Balaban J connectivity index is 1.67. The molecule has 27 heavy (non-hydrogen) atoms. The highest BCUT2D eigenvalue weighted by molar-refractivity contribution is 5.65. The van der Waals surface area contributed by atoms with Crippen LogP contribution in [0.15, 0.2) is 48.8 Å². The zero-order chi connectivity index (χ0) is 18.9. The van der Waals surface area contributed by atoms with Gasteiger partial charge in [0.15, 0.2) is 0 Å². The molecule has 0 aliphatic carbocycles. The molecule has 1 atom stereocenters. The zero-order valence-corrected chi connectivity index (χ0v) is 16.0. The quantitative estimate of drug-likeness (QED) is 0.752. The van der Waals surface area contributed by atoms with Crippen LogP contribution in [0.25, 0.3) is 17.0 Å². The lowest BCUT2D eigenvalue weighted by molar-refractivity contribution is -0.0482. The van der Waals surface area contributed by atoms with Gasteiger partial charge >= 0.3 is 0 Å². The first-order chi connectivity index (χ1) is 13.0. The summed E-state index contributed by atoms with van der Waals surface area (Å²) in [5, 5.41) is 11.0. The summed E-state index contributed by atoms with van der Waals surface area (Å²) in [5.74, 6) is 0.715. The number of likely N-dealkylation sites (tertiary alicyclic amines) is 1. The van der Waals surface area contributed by atoms with E-state index in [4.69, 9.17) is 4.98 Å². The van der Waals surface area contributed by atoms with Crippen LogP contribution < -0.4 is 0 Å². The average Bonchev–Trinajstić information content (AvgIpc) is 3.00. The number of fused-ring (bicyclic) bond motifs is 1. The highest BCUT2D eigenvalue weighted by Crippen LogP contribution is 2.28. The first kappa shape index (κ1) is 18.1. The van der Waals surface area contributed by atoms with Crippen LogP contribution in [0.4, 0.5) is 0 Å². The molecule has 0 spiro atoms. The number of hydrogen-bond donors (Lipinski definition) is 1. The minimum absolute atomic E-state index is 0.659. The van der Waals surface area contributed by atoms with Crippen LogP contribution in [0.5, 0.6) is 0 Å². The van der Waals surface area contributed by atoms with Gasteiger partial charge in [-0.05, 0) is 39.5 Å². The summed E-state index contributed by atoms with van der Waals surface area (Å²) in [6.07, 6.45) is 5.65. The molecule has 6 heteroatoms. The van der Waals surface area contributed by atoms with Crippen molar-refractivity contribution in [3.05, 3.63) is 54.5 Å². The molecule has 1 aliphatic heterocycles. The summed E-state index contributed by atoms with van der Waals surface area (Å²) in [5.41, 5.74) is 2.53. The van der Waals surface area contributed by atoms with E-state index in [0.29, 0.717) is 18.9 Å². The number of β-amino-alcohol motifs (C(OH)–C–C–N with tert-alkyl or cyclic N) is 1. The molecule has 1 unspecified atom stereocenters. The van der Waals surface area contributed by atoms with E-state index in [1.54, 1.807) is 6.20 Å². The maximum absolute atomic E-state index is 11.0. The van der Waals surface area contributed by atoms with Gasteiger partial charge in [-0.15, -0.1) is 0 Å². The lowest BCUT2D eigenvalue weighted by Gasteiger charge is -2.40. The van der Waals surface area contributed by atoms with E-state index in [0.717, 1.165) is 42.9 Å². The molecule has 1 fully saturated rings. The van der Waals surface area contributed by atoms with E-state index >= 15 is 0 Å². The standard InChI is InChI=1S/C21H27N5O/c1-24(2)15-21(27)10-6-12-25(16-21)14-18-19(17-8-4-3-5-9-17)23-20-22-11-7-13-26(18)20/h3-5,7-9,11,13,27H,6,10,12,14-16H2,1-2H3. The molecule has 6 nitrogen and oxygen atoms in total. The van der Waals surface area contributed by atoms with Gasteiger partial charge in [0.2, 0.25) is 5.78 Å². The first-order valence-corrected chi connectivity index (χ1v) is 9.51. The zero-order valence-electron chi connectivity index (χ0n) is 16.0. The van der Waals surface area contributed by atoms with Gasteiger partial charge < -0.3 is 10.0 Å². The lowest BCUT2D eigenvalue weighted by Crippen LogP contribution is -2.52. The van der Waals surface area contributed by atoms with Crippen LogP contribution in [-0.2, 0) is 6.54 Å². The van der Waals surface area contributed by atoms with Crippen molar-refractivity contribution >= 4 is 5.78 Å². The second-order valence-electron chi connectivity index (χ2n) is 7.84. The normalized spacial score (nSPS) is 21.2. The number of imidazole rings is 1. The van der Waals surface area contributed by atoms with Crippen LogP contribution in [0, 0.1) is 0 Å². The van der Waals surface area contributed by atoms with Gasteiger partial charge in [0.1, 0.15) is 0 Å². The summed E-state index contributed by atoms with van der Waals surface area (Å²) < 4.78 is 2.07. The summed E-state index contributed by atoms with van der Waals surface area (Å²) in [6.45, 7) is 3.08. The van der Waals surface area contributed by atoms with Gasteiger partial charge in [-0.25, -0.2) is 9.97 Å². The molecule has 4 rings (SSSR count). The Bertz CT molecular complexity index is 907. The molecule has 3 heterocycles. The Morgan fingerprint density at radius 3 is 2.78 bits per heavy atom. The van der Waals surface area contributed by atoms with Crippen molar-refractivity contribution in [2.24, 2.45) is 0 Å². The molecule has 2 aromatic heterocycles. The van der Waals surface area contributed by atoms with Gasteiger partial charge in [-0.2, -0.15) is 0 Å². The van der Waals surface area contributed by atoms with E-state index in [9.17, 15) is 5.11 Å². The number of benzene rings is 1. The molecule has 1 saturated heterocycles. The fourth-order valence-corrected chi connectivity index (χ4v) is 4.18. The predicted molar refractivity (Wildman–Crippen MR) is 106 cm³/mol. The minimum atomic E-state index is -0.659. The fraction of sp³-hybridized carbons (Fsp3) is 0.429. The van der Waals surface area contributed by atoms with E-state index in [2.05, 4.69) is 31.3 Å². The average molecular weight is 365 g/mol. The van der Waals surface area contributed by atoms with E-state index < -0.39 is 5.60 Å². The van der Waals surface area contributed by atoms with Crippen LogP contribution in [0.1, 0.15) is 18.5 Å². The highest BCUT2D eigenvalue weighted by atomic mass is 16.3. The second kappa shape index (κ2) is 7.38. The molecule has 0 amide bonds. The number of rotatable bonds is 5. The molecule has 1 aromatic carbocycles. The number of piperidine rings is 1. The lowest BCUT2D eigenvalue weighted by atomic mass is 9.92. The maximum atomic E-state index is 11.0. The number of nitrogens with zero attached hydrogens (tertiary/aromatic N) is 5. The molecular weight excluding hydrogens is 338 g/mol. The Morgan fingerprint density at radius 2 is 2.00 bits per heavy atom. The first-order valence-electron chi connectivity index (χ1n) is 9.51. The summed E-state index contributed by atoms with van der Waals surface area (Å²) in [6, 6.07) is 12.2. The van der Waals surface area contributed by atoms with Crippen molar-refractivity contribution in [1.82, 2.24) is 24.2 Å². The summed E-state index contributed by atoms with van der Waals surface area (Å²) in [7, 11) is 4.03. The van der Waals surface area contributed by atoms with Gasteiger partial charge in [0.05, 0.1) is 17.0 Å². The molecule has 1 aliphatic rings. The monoisotopic (exact) mass is 365 g/mol. The van der Waals surface area contributed by atoms with Gasteiger partial charge in [0.25, 0.3) is 0 Å². The Labute approximate surface area is 160 Å². The topological polar surface area (TPSA) is 56.9 Å². The third-order valence-electron chi connectivity index (χ3n) is 5.17. The van der Waals surface area contributed by atoms with Crippen molar-refractivity contribution in [3.8, 4) is 11.3 Å². The molecular formula is C21H27N5O. The molecule has 0 bridgehead atoms. The van der Waals surface area contributed by atoms with Gasteiger partial charge in [-0.3, -0.25) is 9.30 Å². The number of likely N-dealkylation sites (N-methyl/N-ethyl adjacent to an activating group) is 1. The molecule has 142 valence electrons. The van der Waals surface area contributed by atoms with Crippen LogP contribution in [0.3, 0.4) is 0 Å². The van der Waals surface area contributed by atoms with Crippen molar-refractivity contribution < 1.29 is 5.11 Å². The predicted octanol–water partition coefficient (Wildman–Crippen LogP) is 2.28. The molecule has 3 aromatic rings. The Morgan fingerprint density at radius 1 is 1.19 bits per heavy atom. The van der Waals surface area contributed by atoms with E-state index in [-0.39, 0.29) is 0 Å². The van der Waals surface area contributed by atoms with Crippen molar-refractivity contribution in [3.63, 3.8) is 0 Å². The van der Waals surface area contributed by atoms with E-state index in [1.165, 1.54) is 0 Å². The van der Waals surface area contributed by atoms with Crippen molar-refractivity contribution in [2.45, 2.75) is 25.0 Å². The molecule has 1 N–H and O–H groups in total. The summed E-state index contributed by atoms with van der Waals surface area (Å²) in [4.78, 5) is 13.6. The van der Waals surface area contributed by atoms with Crippen molar-refractivity contribution in [1.29, 1.82) is 0 Å². The fourth-order valence-electron chi connectivity index (χ4n) is 4.18. The summed E-state index contributed by atoms with van der Waals surface area (Å²) >= 11 is 0. The molecule has 0 saturated carbocycles. The third-order valence-corrected chi connectivity index (χ3v) is 5.17.